The third-order valence-corrected chi connectivity index (χ3v) is 5.17. The second kappa shape index (κ2) is 5.62. The Hall–Kier alpha value is -0.540. The Morgan fingerprint density at radius 1 is 1.06 bits per heavy atom. The monoisotopic (exact) mass is 308 g/mol. The molecule has 1 atom stereocenters. The number of halogens is 1. The molecule has 0 bridgehead atoms. The van der Waals surface area contributed by atoms with E-state index in [2.05, 4.69) is 50.4 Å². The summed E-state index contributed by atoms with van der Waals surface area (Å²) in [6.07, 6.45) is 4.10. The maximum Gasteiger partial charge on any atom is 0.0510 e. The number of anilines is 1. The fourth-order valence-corrected chi connectivity index (χ4v) is 3.93. The number of piperidine rings is 1. The minimum absolute atomic E-state index is 0.936. The molecule has 3 rings (SSSR count). The van der Waals surface area contributed by atoms with Crippen LogP contribution in [0.25, 0.3) is 0 Å². The van der Waals surface area contributed by atoms with Gasteiger partial charge in [-0.25, -0.2) is 0 Å². The first-order valence-electron chi connectivity index (χ1n) is 7.05. The van der Waals surface area contributed by atoms with Gasteiger partial charge in [0.1, 0.15) is 0 Å². The molecular weight excluding hydrogens is 288 g/mol. The first-order chi connectivity index (χ1) is 8.84. The van der Waals surface area contributed by atoms with Crippen LogP contribution in [-0.2, 0) is 0 Å². The second-order valence-electron chi connectivity index (χ2n) is 5.53. The Labute approximate surface area is 118 Å². The Balaban J connectivity index is 1.61. The minimum Gasteiger partial charge on any atom is -0.371 e. The first kappa shape index (κ1) is 12.5. The molecule has 2 heterocycles. The van der Waals surface area contributed by atoms with Crippen LogP contribution in [0, 0.1) is 11.8 Å². The Bertz CT molecular complexity index is 393. The summed E-state index contributed by atoms with van der Waals surface area (Å²) >= 11 is 3.66. The van der Waals surface area contributed by atoms with Crippen LogP contribution in [-0.4, -0.2) is 26.2 Å². The number of para-hydroxylation sites is 1. The lowest BCUT2D eigenvalue weighted by molar-refractivity contribution is 0.292. The quantitative estimate of drug-likeness (QED) is 0.902. The van der Waals surface area contributed by atoms with Crippen molar-refractivity contribution in [2.24, 2.45) is 11.8 Å². The zero-order valence-corrected chi connectivity index (χ0v) is 12.3. The van der Waals surface area contributed by atoms with Gasteiger partial charge in [-0.2, -0.15) is 0 Å². The van der Waals surface area contributed by atoms with E-state index >= 15 is 0 Å². The summed E-state index contributed by atoms with van der Waals surface area (Å²) < 4.78 is 1.23. The molecule has 2 nitrogen and oxygen atoms in total. The van der Waals surface area contributed by atoms with E-state index in [9.17, 15) is 0 Å². The highest BCUT2D eigenvalue weighted by molar-refractivity contribution is 9.10. The third-order valence-electron chi connectivity index (χ3n) is 4.50. The SMILES string of the molecule is Brc1ccccc1N1CCC(C2CCNC2)CC1. The Kier molecular flexibility index (Phi) is 3.90. The molecule has 0 aromatic heterocycles. The number of hydrogen-bond acceptors (Lipinski definition) is 2. The van der Waals surface area contributed by atoms with Gasteiger partial charge in [-0.3, -0.25) is 0 Å². The summed E-state index contributed by atoms with van der Waals surface area (Å²) in [5.74, 6) is 1.88. The highest BCUT2D eigenvalue weighted by Gasteiger charge is 2.28. The molecule has 1 aromatic carbocycles. The molecule has 0 aliphatic carbocycles. The first-order valence-corrected chi connectivity index (χ1v) is 7.84. The molecule has 98 valence electrons. The van der Waals surface area contributed by atoms with Crippen molar-refractivity contribution < 1.29 is 0 Å². The fourth-order valence-electron chi connectivity index (χ4n) is 3.40. The summed E-state index contributed by atoms with van der Waals surface area (Å²) in [4.78, 5) is 2.53. The van der Waals surface area contributed by atoms with Crippen molar-refractivity contribution in [1.82, 2.24) is 5.32 Å². The molecule has 1 N–H and O–H groups in total. The van der Waals surface area contributed by atoms with Crippen molar-refractivity contribution in [1.29, 1.82) is 0 Å². The van der Waals surface area contributed by atoms with Crippen LogP contribution in [0.15, 0.2) is 28.7 Å². The van der Waals surface area contributed by atoms with Crippen LogP contribution in [0.1, 0.15) is 19.3 Å². The smallest absolute Gasteiger partial charge is 0.0510 e. The van der Waals surface area contributed by atoms with Crippen molar-refractivity contribution in [2.75, 3.05) is 31.1 Å². The van der Waals surface area contributed by atoms with Crippen LogP contribution >= 0.6 is 15.9 Å². The molecule has 1 unspecified atom stereocenters. The van der Waals surface area contributed by atoms with Crippen LogP contribution in [0.5, 0.6) is 0 Å². The second-order valence-corrected chi connectivity index (χ2v) is 6.38. The van der Waals surface area contributed by atoms with Crippen molar-refractivity contribution in [3.05, 3.63) is 28.7 Å². The molecule has 0 radical (unpaired) electrons. The molecule has 2 saturated heterocycles. The van der Waals surface area contributed by atoms with Gasteiger partial charge in [0.2, 0.25) is 0 Å². The van der Waals surface area contributed by atoms with Gasteiger partial charge in [0.15, 0.2) is 0 Å². The van der Waals surface area contributed by atoms with Crippen molar-refractivity contribution in [3.8, 4) is 0 Å². The van der Waals surface area contributed by atoms with Crippen LogP contribution in [0.2, 0.25) is 0 Å². The lowest BCUT2D eigenvalue weighted by atomic mass is 9.83. The molecule has 0 saturated carbocycles. The zero-order chi connectivity index (χ0) is 12.4. The van der Waals surface area contributed by atoms with Gasteiger partial charge >= 0.3 is 0 Å². The van der Waals surface area contributed by atoms with Crippen LogP contribution in [0.4, 0.5) is 5.69 Å². The minimum atomic E-state index is 0.936. The highest BCUT2D eigenvalue weighted by atomic mass is 79.9. The molecule has 2 fully saturated rings. The summed E-state index contributed by atoms with van der Waals surface area (Å²) in [6, 6.07) is 8.58. The number of benzene rings is 1. The average Bonchev–Trinajstić information content (AvgIpc) is 2.94. The van der Waals surface area contributed by atoms with E-state index in [4.69, 9.17) is 0 Å². The van der Waals surface area contributed by atoms with Crippen LogP contribution in [0.3, 0.4) is 0 Å². The maximum absolute atomic E-state index is 3.66. The molecule has 1 aromatic rings. The topological polar surface area (TPSA) is 15.3 Å². The number of hydrogen-bond donors (Lipinski definition) is 1. The number of rotatable bonds is 2. The van der Waals surface area contributed by atoms with E-state index in [1.807, 2.05) is 0 Å². The average molecular weight is 309 g/mol. The van der Waals surface area contributed by atoms with Gasteiger partial charge in [-0.05, 0) is 72.3 Å². The zero-order valence-electron chi connectivity index (χ0n) is 10.7. The van der Waals surface area contributed by atoms with Crippen LogP contribution < -0.4 is 10.2 Å². The van der Waals surface area contributed by atoms with Gasteiger partial charge in [-0.1, -0.05) is 12.1 Å². The summed E-state index contributed by atoms with van der Waals surface area (Å²) in [5, 5.41) is 3.50. The van der Waals surface area contributed by atoms with E-state index in [1.165, 1.54) is 55.6 Å². The van der Waals surface area contributed by atoms with E-state index < -0.39 is 0 Å². The van der Waals surface area contributed by atoms with Crippen molar-refractivity contribution in [2.45, 2.75) is 19.3 Å². The Morgan fingerprint density at radius 2 is 1.83 bits per heavy atom. The molecule has 0 spiro atoms. The lowest BCUT2D eigenvalue weighted by Gasteiger charge is -2.36. The summed E-state index contributed by atoms with van der Waals surface area (Å²) in [6.45, 7) is 4.91. The molecule has 3 heteroatoms. The van der Waals surface area contributed by atoms with E-state index in [-0.39, 0.29) is 0 Å². The molecule has 2 aliphatic heterocycles. The summed E-state index contributed by atoms with van der Waals surface area (Å²) in [5.41, 5.74) is 1.36. The van der Waals surface area contributed by atoms with Gasteiger partial charge in [0.25, 0.3) is 0 Å². The van der Waals surface area contributed by atoms with E-state index in [1.54, 1.807) is 0 Å². The normalized spacial score (nSPS) is 25.6. The molecule has 18 heavy (non-hydrogen) atoms. The predicted octanol–water partition coefficient (Wildman–Crippen LogP) is 3.28. The largest absolute Gasteiger partial charge is 0.371 e. The summed E-state index contributed by atoms with van der Waals surface area (Å²) in [7, 11) is 0. The van der Waals surface area contributed by atoms with Gasteiger partial charge in [0, 0.05) is 17.6 Å². The molecular formula is C15H21BrN2. The fraction of sp³-hybridized carbons (Fsp3) is 0.600. The van der Waals surface area contributed by atoms with E-state index in [0.717, 1.165) is 11.8 Å². The number of nitrogens with one attached hydrogen (secondary N) is 1. The van der Waals surface area contributed by atoms with Crippen molar-refractivity contribution in [3.63, 3.8) is 0 Å². The predicted molar refractivity (Wildman–Crippen MR) is 80.1 cm³/mol. The standard InChI is InChI=1S/C15H21BrN2/c16-14-3-1-2-4-15(14)18-9-6-12(7-10-18)13-5-8-17-11-13/h1-4,12-13,17H,5-11H2. The molecule has 2 aliphatic rings. The van der Waals surface area contributed by atoms with Gasteiger partial charge in [0.05, 0.1) is 5.69 Å². The van der Waals surface area contributed by atoms with Gasteiger partial charge in [-0.15, -0.1) is 0 Å². The van der Waals surface area contributed by atoms with Crippen molar-refractivity contribution >= 4 is 21.6 Å². The molecule has 0 amide bonds. The highest BCUT2D eigenvalue weighted by Crippen LogP contribution is 2.33. The number of nitrogens with zero attached hydrogens (tertiary/aromatic N) is 1. The maximum atomic E-state index is 3.66. The Morgan fingerprint density at radius 3 is 2.50 bits per heavy atom. The lowest BCUT2D eigenvalue weighted by Crippen LogP contribution is -2.36. The third kappa shape index (κ3) is 2.57. The van der Waals surface area contributed by atoms with Gasteiger partial charge < -0.3 is 10.2 Å². The van der Waals surface area contributed by atoms with E-state index in [0.29, 0.717) is 0 Å².